The molecule has 1 aromatic carbocycles. The SMILES string of the molecule is Nc1nc2ccc(Br)cc2cc1C=Cc1cccnc1C1C=CCCC1. The number of halogens is 1. The Morgan fingerprint density at radius 2 is 2.00 bits per heavy atom. The second-order valence-electron chi connectivity index (χ2n) is 6.58. The average molecular weight is 406 g/mol. The number of benzene rings is 1. The molecular weight excluding hydrogens is 386 g/mol. The zero-order valence-corrected chi connectivity index (χ0v) is 16.0. The third-order valence-electron chi connectivity index (χ3n) is 4.76. The van der Waals surface area contributed by atoms with Crippen LogP contribution < -0.4 is 5.73 Å². The first kappa shape index (κ1) is 17.0. The van der Waals surface area contributed by atoms with Gasteiger partial charge in [0, 0.05) is 27.5 Å². The first-order valence-corrected chi connectivity index (χ1v) is 9.65. The predicted octanol–water partition coefficient (Wildman–Crippen LogP) is 5.97. The van der Waals surface area contributed by atoms with Crippen LogP contribution in [0.15, 0.2) is 59.2 Å². The molecule has 1 atom stereocenters. The summed E-state index contributed by atoms with van der Waals surface area (Å²) in [5, 5.41) is 1.06. The molecule has 0 fully saturated rings. The van der Waals surface area contributed by atoms with Crippen LogP contribution in [0.2, 0.25) is 0 Å². The molecule has 2 N–H and O–H groups in total. The van der Waals surface area contributed by atoms with Gasteiger partial charge in [0.05, 0.1) is 11.2 Å². The molecule has 1 aliphatic rings. The summed E-state index contributed by atoms with van der Waals surface area (Å²) in [5.41, 5.74) is 10.3. The van der Waals surface area contributed by atoms with Gasteiger partial charge in [0.25, 0.3) is 0 Å². The van der Waals surface area contributed by atoms with Gasteiger partial charge in [-0.25, -0.2) is 4.98 Å². The van der Waals surface area contributed by atoms with Crippen LogP contribution in [0.4, 0.5) is 5.82 Å². The van der Waals surface area contributed by atoms with Crippen LogP contribution in [0.5, 0.6) is 0 Å². The van der Waals surface area contributed by atoms with Crippen molar-refractivity contribution in [2.24, 2.45) is 0 Å². The van der Waals surface area contributed by atoms with Gasteiger partial charge in [-0.2, -0.15) is 0 Å². The lowest BCUT2D eigenvalue weighted by atomic mass is 9.90. The Morgan fingerprint density at radius 1 is 1.12 bits per heavy atom. The fourth-order valence-electron chi connectivity index (χ4n) is 3.41. The monoisotopic (exact) mass is 405 g/mol. The molecule has 0 spiro atoms. The van der Waals surface area contributed by atoms with Gasteiger partial charge in [-0.1, -0.05) is 46.3 Å². The summed E-state index contributed by atoms with van der Waals surface area (Å²) in [6.07, 6.45) is 14.1. The van der Waals surface area contributed by atoms with E-state index in [1.807, 2.05) is 30.5 Å². The van der Waals surface area contributed by atoms with Crippen LogP contribution in [0.25, 0.3) is 23.1 Å². The fraction of sp³-hybridized carbons (Fsp3) is 0.182. The number of hydrogen-bond acceptors (Lipinski definition) is 3. The van der Waals surface area contributed by atoms with Gasteiger partial charge < -0.3 is 5.73 Å². The van der Waals surface area contributed by atoms with Gasteiger partial charge in [0.1, 0.15) is 5.82 Å². The van der Waals surface area contributed by atoms with E-state index in [0.717, 1.165) is 38.6 Å². The minimum absolute atomic E-state index is 0.396. The van der Waals surface area contributed by atoms with Crippen LogP contribution in [-0.2, 0) is 0 Å². The highest BCUT2D eigenvalue weighted by Gasteiger charge is 2.14. The predicted molar refractivity (Wildman–Crippen MR) is 113 cm³/mol. The van der Waals surface area contributed by atoms with Crippen molar-refractivity contribution in [3.63, 3.8) is 0 Å². The fourth-order valence-corrected chi connectivity index (χ4v) is 3.79. The number of rotatable bonds is 3. The smallest absolute Gasteiger partial charge is 0.131 e. The Hall–Kier alpha value is -2.46. The van der Waals surface area contributed by atoms with Crippen molar-refractivity contribution in [1.29, 1.82) is 0 Å². The summed E-state index contributed by atoms with van der Waals surface area (Å²) in [4.78, 5) is 9.16. The molecule has 0 aliphatic heterocycles. The van der Waals surface area contributed by atoms with Crippen molar-refractivity contribution in [2.45, 2.75) is 25.2 Å². The Labute approximate surface area is 161 Å². The van der Waals surface area contributed by atoms with Crippen molar-refractivity contribution in [2.75, 3.05) is 5.73 Å². The number of allylic oxidation sites excluding steroid dienone is 2. The summed E-state index contributed by atoms with van der Waals surface area (Å²) in [6.45, 7) is 0. The number of anilines is 1. The van der Waals surface area contributed by atoms with Crippen molar-refractivity contribution >= 4 is 44.8 Å². The number of nitrogens with two attached hydrogens (primary N) is 1. The molecule has 3 aromatic rings. The van der Waals surface area contributed by atoms with E-state index in [9.17, 15) is 0 Å². The molecule has 0 amide bonds. The molecule has 0 saturated carbocycles. The Morgan fingerprint density at radius 3 is 2.85 bits per heavy atom. The maximum absolute atomic E-state index is 6.17. The molecule has 26 heavy (non-hydrogen) atoms. The minimum Gasteiger partial charge on any atom is -0.383 e. The van der Waals surface area contributed by atoms with Gasteiger partial charge >= 0.3 is 0 Å². The number of aromatic nitrogens is 2. The zero-order chi connectivity index (χ0) is 17.9. The molecule has 1 aliphatic carbocycles. The standard InChI is InChI=1S/C22H20BrN3/c23-19-10-11-20-18(14-19)13-17(22(24)26-20)9-8-16-7-4-12-25-21(16)15-5-2-1-3-6-15/h2,4-5,7-15H,1,3,6H2,(H2,24,26). The van der Waals surface area contributed by atoms with Gasteiger partial charge in [0.15, 0.2) is 0 Å². The second kappa shape index (κ2) is 7.42. The Kier molecular flexibility index (Phi) is 4.85. The van der Waals surface area contributed by atoms with Gasteiger partial charge in [-0.05, 0) is 55.2 Å². The first-order chi connectivity index (χ1) is 12.7. The maximum atomic E-state index is 6.17. The third kappa shape index (κ3) is 3.56. The van der Waals surface area contributed by atoms with E-state index in [2.05, 4.69) is 62.3 Å². The number of nitrogen functional groups attached to an aromatic ring is 1. The van der Waals surface area contributed by atoms with E-state index in [4.69, 9.17) is 5.73 Å². The summed E-state index contributed by atoms with van der Waals surface area (Å²) in [6, 6.07) is 12.2. The van der Waals surface area contributed by atoms with Crippen LogP contribution >= 0.6 is 15.9 Å². The second-order valence-corrected chi connectivity index (χ2v) is 7.49. The van der Waals surface area contributed by atoms with Crippen molar-refractivity contribution in [3.8, 4) is 0 Å². The van der Waals surface area contributed by atoms with E-state index in [1.54, 1.807) is 0 Å². The lowest BCUT2D eigenvalue weighted by molar-refractivity contribution is 0.640. The molecular formula is C22H20BrN3. The van der Waals surface area contributed by atoms with E-state index in [0.29, 0.717) is 11.7 Å². The molecule has 3 nitrogen and oxygen atoms in total. The van der Waals surface area contributed by atoms with E-state index in [-0.39, 0.29) is 0 Å². The number of nitrogens with zero attached hydrogens (tertiary/aromatic N) is 2. The lowest BCUT2D eigenvalue weighted by Gasteiger charge is -2.17. The molecule has 4 rings (SSSR count). The molecule has 1 unspecified atom stereocenters. The normalized spacial score (nSPS) is 17.2. The van der Waals surface area contributed by atoms with Gasteiger partial charge in [0.2, 0.25) is 0 Å². The number of pyridine rings is 2. The summed E-state index contributed by atoms with van der Waals surface area (Å²) in [7, 11) is 0. The van der Waals surface area contributed by atoms with Gasteiger partial charge in [-0.3, -0.25) is 4.98 Å². The van der Waals surface area contributed by atoms with Crippen molar-refractivity contribution in [1.82, 2.24) is 9.97 Å². The number of fused-ring (bicyclic) bond motifs is 1. The highest BCUT2D eigenvalue weighted by molar-refractivity contribution is 9.10. The highest BCUT2D eigenvalue weighted by Crippen LogP contribution is 2.30. The topological polar surface area (TPSA) is 51.8 Å². The number of hydrogen-bond donors (Lipinski definition) is 1. The van der Waals surface area contributed by atoms with Crippen LogP contribution in [0.1, 0.15) is 42.0 Å². The van der Waals surface area contributed by atoms with Crippen LogP contribution in [0, 0.1) is 0 Å². The Balaban J connectivity index is 1.70. The van der Waals surface area contributed by atoms with E-state index in [1.165, 1.54) is 12.8 Å². The summed E-state index contributed by atoms with van der Waals surface area (Å²) >= 11 is 3.51. The largest absolute Gasteiger partial charge is 0.383 e. The van der Waals surface area contributed by atoms with Gasteiger partial charge in [-0.15, -0.1) is 0 Å². The quantitative estimate of drug-likeness (QED) is 0.546. The summed E-state index contributed by atoms with van der Waals surface area (Å²) in [5.74, 6) is 0.937. The first-order valence-electron chi connectivity index (χ1n) is 8.86. The average Bonchev–Trinajstić information content (AvgIpc) is 2.67. The molecule has 2 heterocycles. The van der Waals surface area contributed by atoms with Crippen molar-refractivity contribution in [3.05, 3.63) is 76.0 Å². The molecule has 0 saturated heterocycles. The van der Waals surface area contributed by atoms with E-state index < -0.39 is 0 Å². The van der Waals surface area contributed by atoms with Crippen LogP contribution in [-0.4, -0.2) is 9.97 Å². The molecule has 0 radical (unpaired) electrons. The minimum atomic E-state index is 0.396. The van der Waals surface area contributed by atoms with Crippen LogP contribution in [0.3, 0.4) is 0 Å². The van der Waals surface area contributed by atoms with Crippen molar-refractivity contribution < 1.29 is 0 Å². The maximum Gasteiger partial charge on any atom is 0.131 e. The highest BCUT2D eigenvalue weighted by atomic mass is 79.9. The molecule has 4 heteroatoms. The third-order valence-corrected chi connectivity index (χ3v) is 5.25. The zero-order valence-electron chi connectivity index (χ0n) is 14.4. The van der Waals surface area contributed by atoms with E-state index >= 15 is 0 Å². The molecule has 130 valence electrons. The molecule has 0 bridgehead atoms. The molecule has 2 aromatic heterocycles. The Bertz CT molecular complexity index is 1010. The summed E-state index contributed by atoms with van der Waals surface area (Å²) < 4.78 is 1.03. The lowest BCUT2D eigenvalue weighted by Crippen LogP contribution is -2.04.